The Morgan fingerprint density at radius 3 is 1.38 bits per heavy atom. The first-order valence-corrected chi connectivity index (χ1v) is 20.3. The molecule has 0 aliphatic rings. The molecule has 12 rings (SSSR count). The molecule has 0 atom stereocenters. The average Bonchev–Trinajstić information content (AvgIpc) is 3.84. The van der Waals surface area contributed by atoms with Gasteiger partial charge < -0.3 is 9.13 Å². The third kappa shape index (κ3) is 5.59. The molecule has 0 saturated carbocycles. The zero-order chi connectivity index (χ0) is 39.6. The molecule has 0 unspecified atom stereocenters. The van der Waals surface area contributed by atoms with Gasteiger partial charge in [-0.3, -0.25) is 0 Å². The van der Waals surface area contributed by atoms with Crippen LogP contribution in [0.15, 0.2) is 212 Å². The highest BCUT2D eigenvalue weighted by Gasteiger charge is 2.19. The van der Waals surface area contributed by atoms with Gasteiger partial charge in [-0.05, 0) is 94.7 Å². The Labute approximate surface area is 346 Å². The Kier molecular flexibility index (Phi) is 7.78. The van der Waals surface area contributed by atoms with Gasteiger partial charge in [0.1, 0.15) is 0 Å². The van der Waals surface area contributed by atoms with E-state index in [2.05, 4.69) is 221 Å². The van der Waals surface area contributed by atoms with Crippen molar-refractivity contribution in [3.63, 3.8) is 0 Å². The molecule has 5 nitrogen and oxygen atoms in total. The van der Waals surface area contributed by atoms with E-state index in [1.54, 1.807) is 0 Å². The van der Waals surface area contributed by atoms with Crippen molar-refractivity contribution in [1.82, 2.24) is 24.1 Å². The van der Waals surface area contributed by atoms with Crippen LogP contribution in [0.2, 0.25) is 0 Å². The zero-order valence-corrected chi connectivity index (χ0v) is 32.4. The van der Waals surface area contributed by atoms with Crippen LogP contribution in [-0.4, -0.2) is 24.1 Å². The van der Waals surface area contributed by atoms with E-state index in [1.165, 1.54) is 32.7 Å². The molecule has 3 heterocycles. The van der Waals surface area contributed by atoms with Crippen LogP contribution in [0.4, 0.5) is 0 Å². The Morgan fingerprint density at radius 2 is 0.700 bits per heavy atom. The van der Waals surface area contributed by atoms with Gasteiger partial charge in [0.05, 0.1) is 22.1 Å². The predicted molar refractivity (Wildman–Crippen MR) is 248 cm³/mol. The zero-order valence-electron chi connectivity index (χ0n) is 32.4. The summed E-state index contributed by atoms with van der Waals surface area (Å²) in [7, 11) is 0. The summed E-state index contributed by atoms with van der Waals surface area (Å²) in [6.45, 7) is 0. The van der Waals surface area contributed by atoms with Gasteiger partial charge in [-0.2, -0.15) is 0 Å². The van der Waals surface area contributed by atoms with E-state index in [1.807, 2.05) is 0 Å². The molecular weight excluding hydrogens is 731 g/mol. The van der Waals surface area contributed by atoms with Crippen molar-refractivity contribution in [2.24, 2.45) is 0 Å². The Bertz CT molecular complexity index is 3600. The minimum Gasteiger partial charge on any atom is -0.309 e. The molecule has 0 aliphatic carbocycles. The maximum Gasteiger partial charge on any atom is 0.164 e. The average molecular weight is 766 g/mol. The summed E-state index contributed by atoms with van der Waals surface area (Å²) in [5.74, 6) is 1.87. The molecular formula is C55H35N5. The molecule has 0 fully saturated rings. The third-order valence-corrected chi connectivity index (χ3v) is 11.7. The molecule has 0 N–H and O–H groups in total. The van der Waals surface area contributed by atoms with Crippen molar-refractivity contribution in [1.29, 1.82) is 0 Å². The fourth-order valence-electron chi connectivity index (χ4n) is 8.90. The van der Waals surface area contributed by atoms with E-state index >= 15 is 0 Å². The monoisotopic (exact) mass is 765 g/mol. The maximum atomic E-state index is 5.27. The van der Waals surface area contributed by atoms with Gasteiger partial charge in [0.2, 0.25) is 0 Å². The van der Waals surface area contributed by atoms with Crippen molar-refractivity contribution in [3.8, 4) is 56.7 Å². The molecule has 0 spiro atoms. The molecule has 0 amide bonds. The van der Waals surface area contributed by atoms with Gasteiger partial charge in [0.15, 0.2) is 17.5 Å². The summed E-state index contributed by atoms with van der Waals surface area (Å²) in [5, 5.41) is 7.05. The van der Waals surface area contributed by atoms with Gasteiger partial charge in [-0.25, -0.2) is 15.0 Å². The van der Waals surface area contributed by atoms with Gasteiger partial charge in [-0.1, -0.05) is 140 Å². The summed E-state index contributed by atoms with van der Waals surface area (Å²) in [5.41, 5.74) is 11.9. The number of fused-ring (bicyclic) bond motifs is 7. The fourth-order valence-corrected chi connectivity index (χ4v) is 8.90. The van der Waals surface area contributed by atoms with E-state index in [4.69, 9.17) is 15.0 Å². The molecule has 0 aliphatic heterocycles. The largest absolute Gasteiger partial charge is 0.309 e. The van der Waals surface area contributed by atoms with Crippen molar-refractivity contribution >= 4 is 54.4 Å². The Hall–Kier alpha value is -8.15. The molecule has 0 saturated heterocycles. The van der Waals surface area contributed by atoms with Gasteiger partial charge in [-0.15, -0.1) is 0 Å². The molecule has 280 valence electrons. The van der Waals surface area contributed by atoms with Crippen LogP contribution in [0.3, 0.4) is 0 Å². The van der Waals surface area contributed by atoms with Crippen LogP contribution in [-0.2, 0) is 0 Å². The number of nitrogens with zero attached hydrogens (tertiary/aromatic N) is 5. The van der Waals surface area contributed by atoms with Crippen molar-refractivity contribution in [3.05, 3.63) is 212 Å². The summed E-state index contributed by atoms with van der Waals surface area (Å²) in [6.07, 6.45) is 0. The minimum atomic E-state index is 0.615. The summed E-state index contributed by atoms with van der Waals surface area (Å²) >= 11 is 0. The van der Waals surface area contributed by atoms with Crippen LogP contribution in [0.1, 0.15) is 0 Å². The lowest BCUT2D eigenvalue weighted by molar-refractivity contribution is 1.07. The highest BCUT2D eigenvalue weighted by Crippen LogP contribution is 2.38. The lowest BCUT2D eigenvalue weighted by Crippen LogP contribution is -2.01. The fraction of sp³-hybridized carbons (Fsp3) is 0. The number of hydrogen-bond acceptors (Lipinski definition) is 3. The SMILES string of the molecule is c1ccc(-c2ccc3c(c2)c2ccccc2n3-c2cccc(-c3nc(-c4ccc5ccccc5c4)nc(-c4ccc5c(c4)c4ccccc4n5-c4ccccc4)n3)c2)cc1. The third-order valence-electron chi connectivity index (χ3n) is 11.7. The topological polar surface area (TPSA) is 48.5 Å². The molecule has 3 aromatic heterocycles. The lowest BCUT2D eigenvalue weighted by Gasteiger charge is -2.12. The van der Waals surface area contributed by atoms with E-state index in [-0.39, 0.29) is 0 Å². The number of hydrogen-bond donors (Lipinski definition) is 0. The maximum absolute atomic E-state index is 5.27. The predicted octanol–water partition coefficient (Wildman–Crippen LogP) is 13.9. The van der Waals surface area contributed by atoms with Gasteiger partial charge in [0.25, 0.3) is 0 Å². The van der Waals surface area contributed by atoms with Crippen molar-refractivity contribution < 1.29 is 0 Å². The highest BCUT2D eigenvalue weighted by atomic mass is 15.0. The summed E-state index contributed by atoms with van der Waals surface area (Å²) in [6, 6.07) is 75.1. The second-order valence-electron chi connectivity index (χ2n) is 15.3. The van der Waals surface area contributed by atoms with Crippen LogP contribution >= 0.6 is 0 Å². The first-order valence-electron chi connectivity index (χ1n) is 20.3. The van der Waals surface area contributed by atoms with E-state index < -0.39 is 0 Å². The number of rotatable bonds is 6. The Balaban J connectivity index is 1.04. The van der Waals surface area contributed by atoms with E-state index in [0.29, 0.717) is 17.5 Å². The molecule has 9 aromatic carbocycles. The Morgan fingerprint density at radius 1 is 0.250 bits per heavy atom. The van der Waals surface area contributed by atoms with Crippen LogP contribution in [0.25, 0.3) is 111 Å². The molecule has 60 heavy (non-hydrogen) atoms. The lowest BCUT2D eigenvalue weighted by atomic mass is 10.0. The van der Waals surface area contributed by atoms with Crippen molar-refractivity contribution in [2.75, 3.05) is 0 Å². The summed E-state index contributed by atoms with van der Waals surface area (Å²) in [4.78, 5) is 15.7. The number of para-hydroxylation sites is 3. The first-order chi connectivity index (χ1) is 29.7. The van der Waals surface area contributed by atoms with E-state index in [0.717, 1.165) is 60.9 Å². The van der Waals surface area contributed by atoms with Crippen LogP contribution in [0, 0.1) is 0 Å². The minimum absolute atomic E-state index is 0.615. The normalized spacial score (nSPS) is 11.7. The van der Waals surface area contributed by atoms with Crippen LogP contribution < -0.4 is 0 Å². The number of aromatic nitrogens is 5. The second-order valence-corrected chi connectivity index (χ2v) is 15.3. The highest BCUT2D eigenvalue weighted by molar-refractivity contribution is 6.11. The second kappa shape index (κ2) is 13.8. The molecule has 5 heteroatoms. The smallest absolute Gasteiger partial charge is 0.164 e. The quantitative estimate of drug-likeness (QED) is 0.169. The van der Waals surface area contributed by atoms with Gasteiger partial charge >= 0.3 is 0 Å². The van der Waals surface area contributed by atoms with Crippen LogP contribution in [0.5, 0.6) is 0 Å². The molecule has 12 aromatic rings. The standard InChI is InChI=1S/C55H35N5/c1-3-14-36(15-4-1)39-28-30-52-47(34-39)45-22-10-12-25-50(45)60(52)44-21-13-18-40(33-44)53-56-54(41-27-26-37-16-7-8-17-38(37)32-41)58-55(57-53)42-29-31-51-48(35-42)46-23-9-11-24-49(46)59(51)43-19-5-2-6-20-43/h1-35H. The molecule has 0 radical (unpaired) electrons. The van der Waals surface area contributed by atoms with Gasteiger partial charge in [0, 0.05) is 49.6 Å². The molecule has 0 bridgehead atoms. The van der Waals surface area contributed by atoms with Crippen molar-refractivity contribution in [2.45, 2.75) is 0 Å². The van der Waals surface area contributed by atoms with E-state index in [9.17, 15) is 0 Å². The summed E-state index contributed by atoms with van der Waals surface area (Å²) < 4.78 is 4.68. The number of benzene rings is 9. The first kappa shape index (κ1) is 33.9.